The number of ether oxygens (including phenoxy) is 3. The van der Waals surface area contributed by atoms with Crippen LogP contribution in [0.1, 0.15) is 19.8 Å². The number of nitrogens with one attached hydrogen (secondary N) is 1. The van der Waals surface area contributed by atoms with E-state index in [0.717, 1.165) is 18.6 Å². The third-order valence-corrected chi connectivity index (χ3v) is 5.55. The zero-order valence-corrected chi connectivity index (χ0v) is 14.5. The molecule has 5 atom stereocenters. The van der Waals surface area contributed by atoms with Gasteiger partial charge in [-0.3, -0.25) is 14.4 Å². The van der Waals surface area contributed by atoms with E-state index in [2.05, 4.69) is 5.32 Å². The summed E-state index contributed by atoms with van der Waals surface area (Å²) >= 11 is 0. The molecular formula is C19H21NO6. The van der Waals surface area contributed by atoms with Gasteiger partial charge in [0, 0.05) is 11.6 Å². The number of amides is 1. The SMILES string of the molecule is CCOc1ccc(NC(=O)COC(=O)[C@H]2[C@@H]3C[C@@H]4[C@@H]2C(=O)O[C@@H]4C3)cc1. The van der Waals surface area contributed by atoms with Gasteiger partial charge >= 0.3 is 11.9 Å². The van der Waals surface area contributed by atoms with Crippen LogP contribution in [0.5, 0.6) is 5.75 Å². The molecule has 2 saturated carbocycles. The number of esters is 2. The maximum atomic E-state index is 12.4. The Kier molecular flexibility index (Phi) is 4.30. The van der Waals surface area contributed by atoms with Crippen LogP contribution in [0.2, 0.25) is 0 Å². The van der Waals surface area contributed by atoms with Crippen molar-refractivity contribution in [2.75, 3.05) is 18.5 Å². The second-order valence-corrected chi connectivity index (χ2v) is 7.04. The summed E-state index contributed by atoms with van der Waals surface area (Å²) in [4.78, 5) is 36.4. The van der Waals surface area contributed by atoms with Crippen molar-refractivity contribution in [1.29, 1.82) is 0 Å². The first-order valence-electron chi connectivity index (χ1n) is 8.96. The molecular weight excluding hydrogens is 338 g/mol. The zero-order chi connectivity index (χ0) is 18.3. The molecule has 138 valence electrons. The standard InChI is InChI=1S/C19H21NO6/c1-2-24-12-5-3-11(4-6-12)20-15(21)9-25-18(22)16-10-7-13-14(8-10)26-19(23)17(13)16/h3-6,10,13-14,16-17H,2,7-9H2,1H3,(H,20,21)/t10-,13+,14-,16+,17+/m1/s1. The lowest BCUT2D eigenvalue weighted by molar-refractivity contribution is -0.157. The fourth-order valence-electron chi connectivity index (χ4n) is 4.56. The minimum atomic E-state index is -0.471. The number of fused-ring (bicyclic) bond motifs is 1. The molecule has 1 saturated heterocycles. The summed E-state index contributed by atoms with van der Waals surface area (Å²) in [5.41, 5.74) is 0.594. The minimum absolute atomic E-state index is 0.0236. The Labute approximate surface area is 151 Å². The van der Waals surface area contributed by atoms with Gasteiger partial charge in [0.1, 0.15) is 11.9 Å². The van der Waals surface area contributed by atoms with Crippen LogP contribution in [-0.2, 0) is 23.9 Å². The number of benzene rings is 1. The quantitative estimate of drug-likeness (QED) is 0.779. The number of hydrogen-bond acceptors (Lipinski definition) is 6. The molecule has 2 bridgehead atoms. The molecule has 0 aromatic heterocycles. The molecule has 1 heterocycles. The molecule has 7 heteroatoms. The first-order valence-corrected chi connectivity index (χ1v) is 8.96. The fraction of sp³-hybridized carbons (Fsp3) is 0.526. The van der Waals surface area contributed by atoms with Crippen molar-refractivity contribution in [3.63, 3.8) is 0 Å². The largest absolute Gasteiger partial charge is 0.494 e. The number of carbonyl (C=O) groups is 3. The predicted molar refractivity (Wildman–Crippen MR) is 90.3 cm³/mol. The maximum Gasteiger partial charge on any atom is 0.310 e. The molecule has 0 unspecified atom stereocenters. The van der Waals surface area contributed by atoms with Crippen molar-refractivity contribution in [2.45, 2.75) is 25.9 Å². The van der Waals surface area contributed by atoms with Gasteiger partial charge in [-0.25, -0.2) is 0 Å². The number of carbonyl (C=O) groups excluding carboxylic acids is 3. The van der Waals surface area contributed by atoms with Crippen molar-refractivity contribution in [1.82, 2.24) is 0 Å². The molecule has 7 nitrogen and oxygen atoms in total. The van der Waals surface area contributed by atoms with E-state index in [1.54, 1.807) is 24.3 Å². The van der Waals surface area contributed by atoms with Gasteiger partial charge in [-0.2, -0.15) is 0 Å². The third-order valence-electron chi connectivity index (χ3n) is 5.55. The van der Waals surface area contributed by atoms with Gasteiger partial charge < -0.3 is 19.5 Å². The van der Waals surface area contributed by atoms with E-state index in [-0.39, 0.29) is 36.4 Å². The van der Waals surface area contributed by atoms with Crippen LogP contribution in [-0.4, -0.2) is 37.2 Å². The molecule has 1 aromatic carbocycles. The molecule has 1 aromatic rings. The van der Waals surface area contributed by atoms with E-state index in [4.69, 9.17) is 14.2 Å². The van der Waals surface area contributed by atoms with Gasteiger partial charge in [-0.1, -0.05) is 0 Å². The summed E-state index contributed by atoms with van der Waals surface area (Å²) in [5.74, 6) is -1.05. The lowest BCUT2D eigenvalue weighted by atomic mass is 9.80. The van der Waals surface area contributed by atoms with E-state index >= 15 is 0 Å². The Bertz CT molecular complexity index is 728. The van der Waals surface area contributed by atoms with Crippen LogP contribution in [0.4, 0.5) is 5.69 Å². The molecule has 3 fully saturated rings. The second-order valence-electron chi connectivity index (χ2n) is 7.04. The van der Waals surface area contributed by atoms with E-state index in [1.807, 2.05) is 6.92 Å². The van der Waals surface area contributed by atoms with Gasteiger partial charge in [0.2, 0.25) is 0 Å². The van der Waals surface area contributed by atoms with E-state index in [1.165, 1.54) is 0 Å². The Morgan fingerprint density at radius 2 is 2.00 bits per heavy atom. The molecule has 0 radical (unpaired) electrons. The highest BCUT2D eigenvalue weighted by atomic mass is 16.6. The third kappa shape index (κ3) is 2.91. The molecule has 1 aliphatic heterocycles. The average Bonchev–Trinajstić information content (AvgIpc) is 3.24. The monoisotopic (exact) mass is 359 g/mol. The molecule has 1 amide bonds. The highest BCUT2D eigenvalue weighted by Crippen LogP contribution is 2.57. The molecule has 2 aliphatic carbocycles. The Morgan fingerprint density at radius 1 is 1.23 bits per heavy atom. The first kappa shape index (κ1) is 16.9. The van der Waals surface area contributed by atoms with Gasteiger partial charge in [0.15, 0.2) is 6.61 Å². The fourth-order valence-corrected chi connectivity index (χ4v) is 4.56. The molecule has 26 heavy (non-hydrogen) atoms. The summed E-state index contributed by atoms with van der Waals surface area (Å²) in [6.07, 6.45) is 1.54. The summed E-state index contributed by atoms with van der Waals surface area (Å²) in [5, 5.41) is 2.67. The minimum Gasteiger partial charge on any atom is -0.494 e. The highest BCUT2D eigenvalue weighted by molar-refractivity contribution is 5.93. The van der Waals surface area contributed by atoms with Crippen molar-refractivity contribution in [3.8, 4) is 5.75 Å². The van der Waals surface area contributed by atoms with Crippen molar-refractivity contribution < 1.29 is 28.6 Å². The average molecular weight is 359 g/mol. The molecule has 0 spiro atoms. The summed E-state index contributed by atoms with van der Waals surface area (Å²) < 4.78 is 15.8. The first-order chi connectivity index (χ1) is 12.6. The number of anilines is 1. The van der Waals surface area contributed by atoms with Crippen LogP contribution in [0.3, 0.4) is 0 Å². The van der Waals surface area contributed by atoms with Gasteiger partial charge in [0.05, 0.1) is 18.4 Å². The normalized spacial score (nSPS) is 30.8. The van der Waals surface area contributed by atoms with E-state index in [0.29, 0.717) is 12.3 Å². The van der Waals surface area contributed by atoms with Gasteiger partial charge in [-0.05, 0) is 49.9 Å². The lowest BCUT2D eigenvalue weighted by Gasteiger charge is -2.22. The maximum absolute atomic E-state index is 12.4. The zero-order valence-electron chi connectivity index (χ0n) is 14.5. The summed E-state index contributed by atoms with van der Waals surface area (Å²) in [6.45, 7) is 2.09. The molecule has 3 aliphatic rings. The van der Waals surface area contributed by atoms with Gasteiger partial charge in [-0.15, -0.1) is 0 Å². The molecule has 1 N–H and O–H groups in total. The summed E-state index contributed by atoms with van der Waals surface area (Å²) in [7, 11) is 0. The Balaban J connectivity index is 1.29. The van der Waals surface area contributed by atoms with Crippen LogP contribution in [0.25, 0.3) is 0 Å². The van der Waals surface area contributed by atoms with Crippen molar-refractivity contribution >= 4 is 23.5 Å². The Morgan fingerprint density at radius 3 is 2.73 bits per heavy atom. The number of rotatable bonds is 6. The van der Waals surface area contributed by atoms with Crippen LogP contribution in [0, 0.1) is 23.7 Å². The highest BCUT2D eigenvalue weighted by Gasteiger charge is 2.64. The molecule has 4 rings (SSSR count). The second kappa shape index (κ2) is 6.63. The summed E-state index contributed by atoms with van der Waals surface area (Å²) in [6, 6.07) is 6.94. The van der Waals surface area contributed by atoms with Crippen LogP contribution >= 0.6 is 0 Å². The van der Waals surface area contributed by atoms with Crippen LogP contribution < -0.4 is 10.1 Å². The van der Waals surface area contributed by atoms with Crippen molar-refractivity contribution in [2.24, 2.45) is 23.7 Å². The van der Waals surface area contributed by atoms with Crippen LogP contribution in [0.15, 0.2) is 24.3 Å². The van der Waals surface area contributed by atoms with Gasteiger partial charge in [0.25, 0.3) is 5.91 Å². The lowest BCUT2D eigenvalue weighted by Crippen LogP contribution is -2.34. The van der Waals surface area contributed by atoms with Crippen molar-refractivity contribution in [3.05, 3.63) is 24.3 Å². The van der Waals surface area contributed by atoms with E-state index < -0.39 is 17.8 Å². The van der Waals surface area contributed by atoms with E-state index in [9.17, 15) is 14.4 Å². The smallest absolute Gasteiger partial charge is 0.310 e. The topological polar surface area (TPSA) is 90.9 Å². The predicted octanol–water partition coefficient (Wildman–Crippen LogP) is 1.76. The number of hydrogen-bond donors (Lipinski definition) is 1. The Hall–Kier alpha value is -2.57.